The number of rotatable bonds is 14. The number of hydrogen-bond acceptors (Lipinski definition) is 7. The Morgan fingerprint density at radius 3 is 2.50 bits per heavy atom. The summed E-state index contributed by atoms with van der Waals surface area (Å²) in [6.45, 7) is 0.528. The molecule has 0 radical (unpaired) electrons. The van der Waals surface area contributed by atoms with Gasteiger partial charge in [-0.25, -0.2) is 9.78 Å². The van der Waals surface area contributed by atoms with Crippen LogP contribution >= 0.6 is 11.8 Å². The molecule has 11 heteroatoms. The molecule has 1 heterocycles. The van der Waals surface area contributed by atoms with E-state index in [0.717, 1.165) is 12.8 Å². The van der Waals surface area contributed by atoms with Crippen molar-refractivity contribution in [2.75, 3.05) is 18.6 Å². The van der Waals surface area contributed by atoms with Crippen molar-refractivity contribution in [3.05, 3.63) is 18.2 Å². The molecule has 8 N–H and O–H groups in total. The molecule has 0 saturated heterocycles. The lowest BCUT2D eigenvalue weighted by Crippen LogP contribution is -2.55. The van der Waals surface area contributed by atoms with E-state index in [9.17, 15) is 19.5 Å². The minimum absolute atomic E-state index is 0.0584. The molecule has 0 aromatic carbocycles. The lowest BCUT2D eigenvalue weighted by Gasteiger charge is -2.22. The van der Waals surface area contributed by atoms with Crippen LogP contribution in [-0.2, 0) is 20.8 Å². The van der Waals surface area contributed by atoms with Crippen molar-refractivity contribution in [2.45, 2.75) is 50.2 Å². The molecule has 0 unspecified atom stereocenters. The molecule has 0 bridgehead atoms. The number of carbonyl (C=O) groups excluding carboxylic acids is 2. The third-order valence-electron chi connectivity index (χ3n) is 4.14. The summed E-state index contributed by atoms with van der Waals surface area (Å²) >= 11 is 1.52. The van der Waals surface area contributed by atoms with Gasteiger partial charge in [0, 0.05) is 18.3 Å². The Balaban J connectivity index is 2.70. The number of H-pyrrole nitrogens is 1. The predicted octanol–water partition coefficient (Wildman–Crippen LogP) is -0.784. The smallest absolute Gasteiger partial charge is 0.326 e. The summed E-state index contributed by atoms with van der Waals surface area (Å²) in [5.41, 5.74) is 11.9. The first-order valence-corrected chi connectivity index (χ1v) is 10.5. The Labute approximate surface area is 168 Å². The summed E-state index contributed by atoms with van der Waals surface area (Å²) in [5, 5.41) is 14.5. The van der Waals surface area contributed by atoms with Crippen LogP contribution in [0.15, 0.2) is 12.5 Å². The molecule has 2 amide bonds. The molecule has 0 saturated carbocycles. The van der Waals surface area contributed by atoms with Gasteiger partial charge in [0.25, 0.3) is 0 Å². The standard InChI is InChI=1S/C17H30N6O4S/c1-28-7-5-13(22-15(24)12(19)4-2-3-6-18)16(25)23-14(17(26)27)8-11-9-20-10-21-11/h9-10,12-14H,2-8,18-19H2,1H3,(H,20,21)(H,22,24)(H,23,25)(H,26,27)/t12-,13-,14-/m0/s1. The number of imidazole rings is 1. The second-order valence-corrected chi connectivity index (χ2v) is 7.40. The number of nitrogens with zero attached hydrogens (tertiary/aromatic N) is 1. The maximum atomic E-state index is 12.6. The lowest BCUT2D eigenvalue weighted by molar-refractivity contribution is -0.142. The van der Waals surface area contributed by atoms with Crippen molar-refractivity contribution in [2.24, 2.45) is 11.5 Å². The molecule has 158 valence electrons. The first-order chi connectivity index (χ1) is 13.4. The minimum Gasteiger partial charge on any atom is -0.480 e. The van der Waals surface area contributed by atoms with Crippen molar-refractivity contribution in [1.82, 2.24) is 20.6 Å². The van der Waals surface area contributed by atoms with Crippen molar-refractivity contribution < 1.29 is 19.5 Å². The average molecular weight is 415 g/mol. The zero-order valence-electron chi connectivity index (χ0n) is 16.0. The zero-order chi connectivity index (χ0) is 20.9. The topological polar surface area (TPSA) is 176 Å². The van der Waals surface area contributed by atoms with E-state index in [1.54, 1.807) is 0 Å². The number of aliphatic carboxylic acids is 1. The summed E-state index contributed by atoms with van der Waals surface area (Å²) in [4.78, 5) is 43.1. The highest BCUT2D eigenvalue weighted by atomic mass is 32.2. The Morgan fingerprint density at radius 1 is 1.21 bits per heavy atom. The molecule has 28 heavy (non-hydrogen) atoms. The summed E-state index contributed by atoms with van der Waals surface area (Å²) in [6.07, 6.45) is 7.20. The summed E-state index contributed by atoms with van der Waals surface area (Å²) in [7, 11) is 0. The normalized spacial score (nSPS) is 14.1. The Kier molecular flexibility index (Phi) is 11.2. The van der Waals surface area contributed by atoms with E-state index >= 15 is 0 Å². The van der Waals surface area contributed by atoms with Crippen LogP contribution in [0.2, 0.25) is 0 Å². The summed E-state index contributed by atoms with van der Waals surface area (Å²) < 4.78 is 0. The van der Waals surface area contributed by atoms with Gasteiger partial charge >= 0.3 is 5.97 Å². The average Bonchev–Trinajstić information content (AvgIpc) is 3.17. The fraction of sp³-hybridized carbons (Fsp3) is 0.647. The molecule has 0 spiro atoms. The highest BCUT2D eigenvalue weighted by Crippen LogP contribution is 2.05. The number of amides is 2. The van der Waals surface area contributed by atoms with Gasteiger partial charge in [-0.2, -0.15) is 11.8 Å². The SMILES string of the molecule is CSCC[C@H](NC(=O)[C@@H](N)CCCCN)C(=O)N[C@@H](Cc1cnc[nH]1)C(=O)O. The molecule has 1 aromatic rings. The van der Waals surface area contributed by atoms with Crippen LogP contribution < -0.4 is 22.1 Å². The monoisotopic (exact) mass is 414 g/mol. The molecule has 0 aliphatic heterocycles. The third kappa shape index (κ3) is 8.72. The molecular weight excluding hydrogens is 384 g/mol. The van der Waals surface area contributed by atoms with Crippen LogP contribution in [0.4, 0.5) is 0 Å². The van der Waals surface area contributed by atoms with Gasteiger partial charge in [0.05, 0.1) is 12.4 Å². The molecule has 0 fully saturated rings. The quantitative estimate of drug-likeness (QED) is 0.215. The van der Waals surface area contributed by atoms with Gasteiger partial charge in [0.2, 0.25) is 11.8 Å². The van der Waals surface area contributed by atoms with E-state index in [1.807, 2.05) is 6.26 Å². The van der Waals surface area contributed by atoms with Gasteiger partial charge in [-0.05, 0) is 37.8 Å². The number of carboxylic acids is 1. The molecule has 1 rings (SSSR count). The molecule has 10 nitrogen and oxygen atoms in total. The predicted molar refractivity (Wildman–Crippen MR) is 108 cm³/mol. The van der Waals surface area contributed by atoms with Crippen LogP contribution in [0.3, 0.4) is 0 Å². The van der Waals surface area contributed by atoms with Gasteiger partial charge in [-0.15, -0.1) is 0 Å². The number of hydrogen-bond donors (Lipinski definition) is 6. The second kappa shape index (κ2) is 13.1. The number of aromatic nitrogens is 2. The van der Waals surface area contributed by atoms with Crippen molar-refractivity contribution in [3.8, 4) is 0 Å². The Morgan fingerprint density at radius 2 is 1.93 bits per heavy atom. The second-order valence-electron chi connectivity index (χ2n) is 6.41. The third-order valence-corrected chi connectivity index (χ3v) is 4.79. The van der Waals surface area contributed by atoms with E-state index < -0.39 is 35.9 Å². The van der Waals surface area contributed by atoms with Gasteiger partial charge in [-0.1, -0.05) is 6.42 Å². The van der Waals surface area contributed by atoms with Gasteiger partial charge in [0.15, 0.2) is 0 Å². The summed E-state index contributed by atoms with van der Waals surface area (Å²) in [5.74, 6) is -1.53. The van der Waals surface area contributed by atoms with E-state index in [2.05, 4.69) is 20.6 Å². The fourth-order valence-electron chi connectivity index (χ4n) is 2.51. The number of nitrogens with two attached hydrogens (primary N) is 2. The van der Waals surface area contributed by atoms with E-state index in [-0.39, 0.29) is 6.42 Å². The zero-order valence-corrected chi connectivity index (χ0v) is 16.8. The Bertz CT molecular complexity index is 613. The highest BCUT2D eigenvalue weighted by Gasteiger charge is 2.28. The fourth-order valence-corrected chi connectivity index (χ4v) is 2.98. The maximum absolute atomic E-state index is 12.6. The van der Waals surface area contributed by atoms with Gasteiger partial charge in [-0.3, -0.25) is 9.59 Å². The number of nitrogens with one attached hydrogen (secondary N) is 3. The molecular formula is C17H30N6O4S. The number of carboxylic acid groups (broad SMARTS) is 1. The molecule has 3 atom stereocenters. The van der Waals surface area contributed by atoms with Gasteiger partial charge < -0.3 is 32.2 Å². The van der Waals surface area contributed by atoms with Crippen LogP contribution in [0.25, 0.3) is 0 Å². The first-order valence-electron chi connectivity index (χ1n) is 9.14. The van der Waals surface area contributed by atoms with E-state index in [0.29, 0.717) is 30.8 Å². The first kappa shape index (κ1) is 23.9. The van der Waals surface area contributed by atoms with Crippen LogP contribution in [0.5, 0.6) is 0 Å². The summed E-state index contributed by atoms with van der Waals surface area (Å²) in [6, 6.07) is -2.74. The molecule has 0 aliphatic carbocycles. The van der Waals surface area contributed by atoms with Crippen LogP contribution in [0, 0.1) is 0 Å². The number of aromatic amines is 1. The van der Waals surface area contributed by atoms with Crippen molar-refractivity contribution >= 4 is 29.5 Å². The maximum Gasteiger partial charge on any atom is 0.326 e. The van der Waals surface area contributed by atoms with Crippen molar-refractivity contribution in [3.63, 3.8) is 0 Å². The van der Waals surface area contributed by atoms with E-state index in [4.69, 9.17) is 11.5 Å². The number of unbranched alkanes of at least 4 members (excludes halogenated alkanes) is 1. The molecule has 0 aliphatic rings. The van der Waals surface area contributed by atoms with Crippen LogP contribution in [0.1, 0.15) is 31.4 Å². The largest absolute Gasteiger partial charge is 0.480 e. The van der Waals surface area contributed by atoms with Crippen LogP contribution in [-0.4, -0.2) is 69.5 Å². The minimum atomic E-state index is -1.17. The van der Waals surface area contributed by atoms with Crippen molar-refractivity contribution in [1.29, 1.82) is 0 Å². The number of thioether (sulfide) groups is 1. The number of carbonyl (C=O) groups is 3. The Hall–Kier alpha value is -2.11. The molecule has 1 aromatic heterocycles. The highest BCUT2D eigenvalue weighted by molar-refractivity contribution is 7.98. The lowest BCUT2D eigenvalue weighted by atomic mass is 10.1. The van der Waals surface area contributed by atoms with E-state index in [1.165, 1.54) is 24.3 Å². The van der Waals surface area contributed by atoms with Gasteiger partial charge in [0.1, 0.15) is 12.1 Å².